The Labute approximate surface area is 113 Å². The number of carbonyl (C=O) groups is 1. The molecule has 2 N–H and O–H groups in total. The first-order valence-corrected chi connectivity index (χ1v) is 6.16. The molecular weight excluding hydrogens is 242 g/mol. The average Bonchev–Trinajstić information content (AvgIpc) is 2.42. The zero-order chi connectivity index (χ0) is 14.1. The molecule has 0 bridgehead atoms. The Morgan fingerprint density at radius 1 is 1.47 bits per heavy atom. The SMILES string of the molecule is COCCCNC(=O)c1cc(C)ccc1C#CCO. The summed E-state index contributed by atoms with van der Waals surface area (Å²) in [7, 11) is 1.63. The Hall–Kier alpha value is -1.83. The van der Waals surface area contributed by atoms with E-state index >= 15 is 0 Å². The first kappa shape index (κ1) is 15.2. The number of aryl methyl sites for hydroxylation is 1. The quantitative estimate of drug-likeness (QED) is 0.616. The summed E-state index contributed by atoms with van der Waals surface area (Å²) in [6, 6.07) is 5.48. The van der Waals surface area contributed by atoms with Gasteiger partial charge in [-0.1, -0.05) is 23.5 Å². The second-order valence-electron chi connectivity index (χ2n) is 4.11. The summed E-state index contributed by atoms with van der Waals surface area (Å²) in [5.41, 5.74) is 2.17. The molecule has 0 aliphatic heterocycles. The van der Waals surface area contributed by atoms with Crippen molar-refractivity contribution < 1.29 is 14.6 Å². The van der Waals surface area contributed by atoms with E-state index in [0.29, 0.717) is 24.3 Å². The van der Waals surface area contributed by atoms with Crippen LogP contribution >= 0.6 is 0 Å². The van der Waals surface area contributed by atoms with Gasteiger partial charge in [-0.2, -0.15) is 0 Å². The molecule has 19 heavy (non-hydrogen) atoms. The van der Waals surface area contributed by atoms with Gasteiger partial charge in [-0.25, -0.2) is 0 Å². The molecule has 0 heterocycles. The monoisotopic (exact) mass is 261 g/mol. The molecule has 0 unspecified atom stereocenters. The van der Waals surface area contributed by atoms with Crippen LogP contribution in [0, 0.1) is 18.8 Å². The molecule has 0 aliphatic rings. The van der Waals surface area contributed by atoms with Crippen molar-refractivity contribution in [3.05, 3.63) is 34.9 Å². The van der Waals surface area contributed by atoms with Crippen LogP contribution in [-0.4, -0.2) is 37.9 Å². The second-order valence-corrected chi connectivity index (χ2v) is 4.11. The fourth-order valence-corrected chi connectivity index (χ4v) is 1.60. The minimum Gasteiger partial charge on any atom is -0.385 e. The number of methoxy groups -OCH3 is 1. The lowest BCUT2D eigenvalue weighted by Gasteiger charge is -2.07. The number of hydrogen-bond acceptors (Lipinski definition) is 3. The van der Waals surface area contributed by atoms with Crippen LogP contribution in [0.4, 0.5) is 0 Å². The molecule has 0 fully saturated rings. The van der Waals surface area contributed by atoms with Gasteiger partial charge in [0.1, 0.15) is 6.61 Å². The van der Waals surface area contributed by atoms with Gasteiger partial charge in [-0.15, -0.1) is 0 Å². The van der Waals surface area contributed by atoms with Crippen molar-refractivity contribution in [2.45, 2.75) is 13.3 Å². The molecule has 4 heteroatoms. The summed E-state index contributed by atoms with van der Waals surface area (Å²) in [6.07, 6.45) is 0.770. The van der Waals surface area contributed by atoms with Crippen LogP contribution < -0.4 is 5.32 Å². The highest BCUT2D eigenvalue weighted by Gasteiger charge is 2.09. The van der Waals surface area contributed by atoms with E-state index in [4.69, 9.17) is 9.84 Å². The van der Waals surface area contributed by atoms with Crippen LogP contribution in [0.1, 0.15) is 27.9 Å². The van der Waals surface area contributed by atoms with Gasteiger partial charge in [0.15, 0.2) is 0 Å². The number of benzene rings is 1. The minimum absolute atomic E-state index is 0.151. The minimum atomic E-state index is -0.219. The van der Waals surface area contributed by atoms with E-state index in [1.54, 1.807) is 19.2 Å². The van der Waals surface area contributed by atoms with E-state index < -0.39 is 0 Å². The van der Waals surface area contributed by atoms with Crippen molar-refractivity contribution in [3.63, 3.8) is 0 Å². The van der Waals surface area contributed by atoms with Crippen LogP contribution in [0.25, 0.3) is 0 Å². The Morgan fingerprint density at radius 3 is 2.95 bits per heavy atom. The van der Waals surface area contributed by atoms with Crippen molar-refractivity contribution in [1.82, 2.24) is 5.32 Å². The maximum absolute atomic E-state index is 12.1. The van der Waals surface area contributed by atoms with E-state index in [2.05, 4.69) is 17.2 Å². The Bertz CT molecular complexity index is 486. The van der Waals surface area contributed by atoms with Crippen LogP contribution in [-0.2, 0) is 4.74 Å². The predicted octanol–water partition coefficient (Wildman–Crippen LogP) is 1.11. The van der Waals surface area contributed by atoms with Crippen molar-refractivity contribution in [2.75, 3.05) is 26.9 Å². The number of aliphatic hydroxyl groups excluding tert-OH is 1. The van der Waals surface area contributed by atoms with Gasteiger partial charge in [0, 0.05) is 25.8 Å². The molecule has 0 radical (unpaired) electrons. The third-order valence-electron chi connectivity index (χ3n) is 2.53. The van der Waals surface area contributed by atoms with Crippen LogP contribution in [0.3, 0.4) is 0 Å². The Balaban J connectivity index is 2.79. The molecule has 102 valence electrons. The van der Waals surface area contributed by atoms with Crippen molar-refractivity contribution >= 4 is 5.91 Å². The van der Waals surface area contributed by atoms with Gasteiger partial charge >= 0.3 is 0 Å². The zero-order valence-corrected chi connectivity index (χ0v) is 11.3. The topological polar surface area (TPSA) is 58.6 Å². The molecule has 1 rings (SSSR count). The maximum Gasteiger partial charge on any atom is 0.252 e. The Kier molecular flexibility index (Phi) is 6.65. The second kappa shape index (κ2) is 8.30. The lowest BCUT2D eigenvalue weighted by atomic mass is 10.0. The summed E-state index contributed by atoms with van der Waals surface area (Å²) in [5, 5.41) is 11.6. The van der Waals surface area contributed by atoms with Gasteiger partial charge in [0.2, 0.25) is 0 Å². The van der Waals surface area contributed by atoms with Gasteiger partial charge in [0.25, 0.3) is 5.91 Å². The standard InChI is InChI=1S/C15H19NO3/c1-12-6-7-13(5-3-9-17)14(11-12)15(18)16-8-4-10-19-2/h6-7,11,17H,4,8-10H2,1-2H3,(H,16,18). The van der Waals surface area contributed by atoms with Crippen molar-refractivity contribution in [2.24, 2.45) is 0 Å². The predicted molar refractivity (Wildman–Crippen MR) is 74.0 cm³/mol. The molecular formula is C15H19NO3. The third kappa shape index (κ3) is 5.12. The molecule has 4 nitrogen and oxygen atoms in total. The third-order valence-corrected chi connectivity index (χ3v) is 2.53. The summed E-state index contributed by atoms with van der Waals surface area (Å²) in [4.78, 5) is 12.1. The van der Waals surface area contributed by atoms with Crippen LogP contribution in [0.5, 0.6) is 0 Å². The van der Waals surface area contributed by atoms with Crippen LogP contribution in [0.15, 0.2) is 18.2 Å². The van der Waals surface area contributed by atoms with Gasteiger partial charge in [0.05, 0.1) is 5.56 Å². The van der Waals surface area contributed by atoms with Gasteiger partial charge in [-0.3, -0.25) is 4.79 Å². The molecule has 0 saturated heterocycles. The lowest BCUT2D eigenvalue weighted by molar-refractivity contribution is 0.0948. The fourth-order valence-electron chi connectivity index (χ4n) is 1.60. The van der Waals surface area contributed by atoms with Crippen molar-refractivity contribution in [1.29, 1.82) is 0 Å². The highest BCUT2D eigenvalue weighted by Crippen LogP contribution is 2.10. The van der Waals surface area contributed by atoms with Crippen molar-refractivity contribution in [3.8, 4) is 11.8 Å². The number of aliphatic hydroxyl groups is 1. The highest BCUT2D eigenvalue weighted by atomic mass is 16.5. The molecule has 0 atom stereocenters. The molecule has 0 aliphatic carbocycles. The number of carbonyl (C=O) groups excluding carboxylic acids is 1. The van der Waals surface area contributed by atoms with Gasteiger partial charge < -0.3 is 15.2 Å². The summed E-state index contributed by atoms with van der Waals surface area (Å²) >= 11 is 0. The number of amides is 1. The normalized spacial score (nSPS) is 9.63. The largest absolute Gasteiger partial charge is 0.385 e. The fraction of sp³-hybridized carbons (Fsp3) is 0.400. The number of hydrogen-bond donors (Lipinski definition) is 2. The van der Waals surface area contributed by atoms with Crippen LogP contribution in [0.2, 0.25) is 0 Å². The first-order chi connectivity index (χ1) is 9.19. The zero-order valence-electron chi connectivity index (χ0n) is 11.3. The lowest BCUT2D eigenvalue weighted by Crippen LogP contribution is -2.26. The summed E-state index contributed by atoms with van der Waals surface area (Å²) in [5.74, 6) is 5.20. The average molecular weight is 261 g/mol. The van der Waals surface area contributed by atoms with E-state index in [0.717, 1.165) is 12.0 Å². The summed E-state index contributed by atoms with van der Waals surface area (Å²) in [6.45, 7) is 2.88. The number of ether oxygens (including phenoxy) is 1. The van der Waals surface area contributed by atoms with Gasteiger partial charge in [-0.05, 0) is 25.5 Å². The van der Waals surface area contributed by atoms with E-state index in [1.165, 1.54) is 0 Å². The highest BCUT2D eigenvalue weighted by molar-refractivity contribution is 5.96. The molecule has 0 spiro atoms. The van der Waals surface area contributed by atoms with E-state index in [9.17, 15) is 4.79 Å². The molecule has 1 aromatic carbocycles. The molecule has 0 aromatic heterocycles. The molecule has 0 saturated carbocycles. The van der Waals surface area contributed by atoms with E-state index in [-0.39, 0.29) is 12.5 Å². The smallest absolute Gasteiger partial charge is 0.252 e. The Morgan fingerprint density at radius 2 is 2.26 bits per heavy atom. The van der Waals surface area contributed by atoms with E-state index in [1.807, 2.05) is 13.0 Å². The maximum atomic E-state index is 12.1. The summed E-state index contributed by atoms with van der Waals surface area (Å²) < 4.78 is 4.92. The first-order valence-electron chi connectivity index (χ1n) is 6.16. The number of rotatable bonds is 5. The molecule has 1 aromatic rings. The number of nitrogens with one attached hydrogen (secondary N) is 1. The molecule has 1 amide bonds.